The van der Waals surface area contributed by atoms with Crippen LogP contribution in [0.25, 0.3) is 11.3 Å². The quantitative estimate of drug-likeness (QED) is 0.734. The van der Waals surface area contributed by atoms with Crippen molar-refractivity contribution >= 4 is 23.9 Å². The Bertz CT molecular complexity index is 376. The normalized spacial score (nSPS) is 11.3. The first-order chi connectivity index (χ1) is 7.69. The van der Waals surface area contributed by atoms with Crippen LogP contribution in [0.1, 0.15) is 31.4 Å². The van der Waals surface area contributed by atoms with E-state index < -0.39 is 0 Å². The third-order valence-electron chi connectivity index (χ3n) is 2.38. The zero-order chi connectivity index (χ0) is 12.0. The van der Waals surface area contributed by atoms with E-state index in [0.717, 1.165) is 29.8 Å². The van der Waals surface area contributed by atoms with Crippen molar-refractivity contribution in [1.82, 2.24) is 5.32 Å². The van der Waals surface area contributed by atoms with Crippen molar-refractivity contribution in [3.8, 4) is 0 Å². The zero-order valence-corrected chi connectivity index (χ0v) is 10.8. The van der Waals surface area contributed by atoms with Gasteiger partial charge in [-0.15, -0.1) is 12.6 Å². The molecule has 1 rings (SSSR count). The van der Waals surface area contributed by atoms with Gasteiger partial charge >= 0.3 is 0 Å². The summed E-state index contributed by atoms with van der Waals surface area (Å²) in [6.07, 6.45) is 1.11. The van der Waals surface area contributed by atoms with Gasteiger partial charge in [0.25, 0.3) is 0 Å². The minimum atomic E-state index is 0.967. The van der Waals surface area contributed by atoms with E-state index in [0.29, 0.717) is 0 Å². The number of hydrogen-bond acceptors (Lipinski definition) is 2. The summed E-state index contributed by atoms with van der Waals surface area (Å²) in [5.74, 6) is 0. The summed E-state index contributed by atoms with van der Waals surface area (Å²) in [5, 5.41) is 5.16. The number of thiol groups is 1. The molecule has 0 atom stereocenters. The van der Waals surface area contributed by atoms with Gasteiger partial charge in [-0.2, -0.15) is 0 Å². The largest absolute Gasteiger partial charge is 0.384 e. The van der Waals surface area contributed by atoms with Gasteiger partial charge in [0.1, 0.15) is 0 Å². The molecule has 0 unspecified atom stereocenters. The Hall–Kier alpha value is -1.15. The predicted octanol–water partition coefficient (Wildman–Crippen LogP) is 3.95. The zero-order valence-electron chi connectivity index (χ0n) is 9.96. The number of allylic oxidation sites excluding steroid dienone is 1. The van der Waals surface area contributed by atoms with E-state index in [-0.39, 0.29) is 0 Å². The number of benzene rings is 1. The van der Waals surface area contributed by atoms with Crippen LogP contribution in [0.5, 0.6) is 0 Å². The Labute approximate surface area is 104 Å². The van der Waals surface area contributed by atoms with Crippen LogP contribution in [0, 0.1) is 0 Å². The molecule has 0 heterocycles. The molecule has 0 aromatic heterocycles. The first kappa shape index (κ1) is 12.9. The van der Waals surface area contributed by atoms with Crippen molar-refractivity contribution in [2.24, 2.45) is 0 Å². The lowest BCUT2D eigenvalue weighted by Gasteiger charge is -2.10. The predicted molar refractivity (Wildman–Crippen MR) is 76.4 cm³/mol. The maximum atomic E-state index is 4.22. The molecule has 0 spiro atoms. The summed E-state index contributed by atoms with van der Waals surface area (Å²) >= 11 is 4.22. The van der Waals surface area contributed by atoms with E-state index in [1.54, 1.807) is 0 Å². The van der Waals surface area contributed by atoms with Crippen molar-refractivity contribution in [2.45, 2.75) is 20.3 Å². The van der Waals surface area contributed by atoms with Crippen molar-refractivity contribution < 1.29 is 0 Å². The smallest absolute Gasteiger partial charge is 0.0475 e. The summed E-state index contributed by atoms with van der Waals surface area (Å²) in [7, 11) is 0. The van der Waals surface area contributed by atoms with Crippen LogP contribution in [0.3, 0.4) is 0 Å². The standard InChI is InChI=1S/C14H19NS/c1-4-9-15-14(10-16)13-7-5-12(6-8-13)11(2)3/h5-8,10,15-16H,2,4,9H2,1,3H3/b14-10-. The van der Waals surface area contributed by atoms with Crippen LogP contribution in [0.2, 0.25) is 0 Å². The molecule has 1 N–H and O–H groups in total. The van der Waals surface area contributed by atoms with Gasteiger partial charge in [0.15, 0.2) is 0 Å². The molecule has 1 aromatic rings. The minimum absolute atomic E-state index is 0.967. The first-order valence-corrected chi connectivity index (χ1v) is 6.05. The van der Waals surface area contributed by atoms with Gasteiger partial charge in [-0.25, -0.2) is 0 Å². The fourth-order valence-electron chi connectivity index (χ4n) is 1.42. The van der Waals surface area contributed by atoms with Gasteiger partial charge < -0.3 is 5.32 Å². The van der Waals surface area contributed by atoms with Crippen molar-refractivity contribution in [1.29, 1.82) is 0 Å². The lowest BCUT2D eigenvalue weighted by Crippen LogP contribution is -2.12. The molecule has 0 amide bonds. The molecule has 0 aliphatic heterocycles. The fraction of sp³-hybridized carbons (Fsp3) is 0.286. The maximum absolute atomic E-state index is 4.22. The Kier molecular flexibility index (Phi) is 5.20. The molecule has 0 aliphatic carbocycles. The number of hydrogen-bond donors (Lipinski definition) is 2. The summed E-state index contributed by atoms with van der Waals surface area (Å²) in [4.78, 5) is 0. The average Bonchev–Trinajstić information content (AvgIpc) is 2.30. The van der Waals surface area contributed by atoms with Crippen molar-refractivity contribution in [2.75, 3.05) is 6.54 Å². The molecule has 2 heteroatoms. The molecule has 0 aliphatic rings. The van der Waals surface area contributed by atoms with Crippen molar-refractivity contribution in [3.05, 3.63) is 47.4 Å². The second kappa shape index (κ2) is 6.44. The van der Waals surface area contributed by atoms with Gasteiger partial charge in [-0.1, -0.05) is 43.3 Å². The lowest BCUT2D eigenvalue weighted by atomic mass is 10.1. The Morgan fingerprint density at radius 1 is 1.31 bits per heavy atom. The van der Waals surface area contributed by atoms with Gasteiger partial charge in [0.2, 0.25) is 0 Å². The minimum Gasteiger partial charge on any atom is -0.384 e. The van der Waals surface area contributed by atoms with Gasteiger partial charge in [0.05, 0.1) is 0 Å². The summed E-state index contributed by atoms with van der Waals surface area (Å²) in [5.41, 5.74) is 4.49. The number of nitrogens with one attached hydrogen (secondary N) is 1. The third-order valence-corrected chi connectivity index (χ3v) is 2.64. The van der Waals surface area contributed by atoms with E-state index in [9.17, 15) is 0 Å². The van der Waals surface area contributed by atoms with Crippen LogP contribution >= 0.6 is 12.6 Å². The fourth-order valence-corrected chi connectivity index (χ4v) is 1.66. The third kappa shape index (κ3) is 3.46. The highest BCUT2D eigenvalue weighted by Crippen LogP contribution is 2.17. The average molecular weight is 233 g/mol. The number of rotatable bonds is 5. The molecule has 1 aromatic carbocycles. The summed E-state index contributed by atoms with van der Waals surface area (Å²) < 4.78 is 0. The molecule has 0 radical (unpaired) electrons. The molecule has 1 nitrogen and oxygen atoms in total. The Morgan fingerprint density at radius 2 is 1.88 bits per heavy atom. The second-order valence-electron chi connectivity index (χ2n) is 3.83. The highest BCUT2D eigenvalue weighted by atomic mass is 32.1. The molecule has 0 bridgehead atoms. The van der Waals surface area contributed by atoms with Crippen molar-refractivity contribution in [3.63, 3.8) is 0 Å². The van der Waals surface area contributed by atoms with Crippen LogP contribution in [-0.4, -0.2) is 6.54 Å². The Morgan fingerprint density at radius 3 is 2.31 bits per heavy atom. The Balaban J connectivity index is 2.83. The van der Waals surface area contributed by atoms with Gasteiger partial charge in [0, 0.05) is 12.2 Å². The van der Waals surface area contributed by atoms with Crippen LogP contribution in [0.15, 0.2) is 36.3 Å². The summed E-state index contributed by atoms with van der Waals surface area (Å²) in [6, 6.07) is 8.36. The molecule has 16 heavy (non-hydrogen) atoms. The molecule has 0 saturated heterocycles. The maximum Gasteiger partial charge on any atom is 0.0475 e. The van der Waals surface area contributed by atoms with Crippen LogP contribution < -0.4 is 5.32 Å². The SMILES string of the molecule is C=C(C)c1ccc(/C(=C/S)NCCC)cc1. The first-order valence-electron chi connectivity index (χ1n) is 5.53. The molecule has 0 saturated carbocycles. The lowest BCUT2D eigenvalue weighted by molar-refractivity contribution is 0.824. The van der Waals surface area contributed by atoms with E-state index in [4.69, 9.17) is 0 Å². The molecule has 0 fully saturated rings. The van der Waals surface area contributed by atoms with E-state index in [1.165, 1.54) is 5.56 Å². The highest BCUT2D eigenvalue weighted by molar-refractivity contribution is 7.83. The van der Waals surface area contributed by atoms with E-state index >= 15 is 0 Å². The monoisotopic (exact) mass is 233 g/mol. The van der Waals surface area contributed by atoms with Gasteiger partial charge in [-0.3, -0.25) is 0 Å². The van der Waals surface area contributed by atoms with Crippen LogP contribution in [0.4, 0.5) is 0 Å². The summed E-state index contributed by atoms with van der Waals surface area (Å²) in [6.45, 7) is 9.05. The molecule has 86 valence electrons. The van der Waals surface area contributed by atoms with Crippen LogP contribution in [-0.2, 0) is 0 Å². The van der Waals surface area contributed by atoms with E-state index in [2.05, 4.69) is 55.7 Å². The second-order valence-corrected chi connectivity index (χ2v) is 4.09. The van der Waals surface area contributed by atoms with Gasteiger partial charge in [-0.05, 0) is 29.9 Å². The highest BCUT2D eigenvalue weighted by Gasteiger charge is 2.00. The topological polar surface area (TPSA) is 12.0 Å². The molecular formula is C14H19NS. The van der Waals surface area contributed by atoms with E-state index in [1.807, 2.05) is 12.3 Å². The molecular weight excluding hydrogens is 214 g/mol.